The molecule has 0 spiro atoms. The smallest absolute Gasteiger partial charge is 0.255 e. The Morgan fingerprint density at radius 1 is 1.24 bits per heavy atom. The maximum atomic E-state index is 9.84. The molecule has 1 aromatic carbocycles. The van der Waals surface area contributed by atoms with Crippen molar-refractivity contribution in [3.05, 3.63) is 36.7 Å². The molecule has 0 saturated carbocycles. The van der Waals surface area contributed by atoms with Crippen LogP contribution in [-0.2, 0) is 0 Å². The van der Waals surface area contributed by atoms with Crippen molar-refractivity contribution in [1.29, 1.82) is 0 Å². The van der Waals surface area contributed by atoms with Gasteiger partial charge < -0.3 is 10.8 Å². The Kier molecular flexibility index (Phi) is 1.94. The second kappa shape index (κ2) is 3.44. The van der Waals surface area contributed by atoms with Gasteiger partial charge in [-0.05, 0) is 18.2 Å². The van der Waals surface area contributed by atoms with Gasteiger partial charge in [-0.25, -0.2) is 4.98 Å². The normalized spacial score (nSPS) is 10.8. The zero-order valence-electron chi connectivity index (χ0n) is 8.78. The van der Waals surface area contributed by atoms with Gasteiger partial charge in [0.05, 0.1) is 5.56 Å². The number of aromatic nitrogens is 4. The monoisotopic (exact) mass is 227 g/mol. The Morgan fingerprint density at radius 2 is 2.12 bits per heavy atom. The lowest BCUT2D eigenvalue weighted by atomic mass is 10.1. The van der Waals surface area contributed by atoms with Crippen molar-refractivity contribution < 1.29 is 5.11 Å². The number of aromatic hydroxyl groups is 1. The van der Waals surface area contributed by atoms with Crippen molar-refractivity contribution in [3.63, 3.8) is 0 Å². The zero-order valence-corrected chi connectivity index (χ0v) is 8.78. The van der Waals surface area contributed by atoms with E-state index >= 15 is 0 Å². The van der Waals surface area contributed by atoms with Crippen LogP contribution in [0.5, 0.6) is 5.75 Å². The van der Waals surface area contributed by atoms with E-state index in [1.54, 1.807) is 35.0 Å². The van der Waals surface area contributed by atoms with Crippen LogP contribution >= 0.6 is 0 Å². The number of phenolic OH excluding ortho intramolecular Hbond substituents is 1. The van der Waals surface area contributed by atoms with Crippen LogP contribution in [0.15, 0.2) is 36.7 Å². The molecule has 3 aromatic rings. The first-order valence-corrected chi connectivity index (χ1v) is 5.00. The summed E-state index contributed by atoms with van der Waals surface area (Å²) in [5, 5.41) is 17.8. The first kappa shape index (κ1) is 9.59. The number of nitrogens with zero attached hydrogens (tertiary/aromatic N) is 4. The fourth-order valence-electron chi connectivity index (χ4n) is 1.66. The van der Waals surface area contributed by atoms with Gasteiger partial charge in [-0.1, -0.05) is 0 Å². The van der Waals surface area contributed by atoms with Gasteiger partial charge in [-0.15, -0.1) is 10.2 Å². The van der Waals surface area contributed by atoms with E-state index in [0.717, 1.165) is 0 Å². The average molecular weight is 227 g/mol. The molecule has 84 valence electrons. The fourth-order valence-corrected chi connectivity index (χ4v) is 1.66. The Balaban J connectivity index is 2.27. The standard InChI is InChI=1S/C11H9N5O/c12-7-2-3-8(9(17)6-7)10-14-15-11-13-4-1-5-16(10)11/h1-6,17H,12H2. The van der Waals surface area contributed by atoms with Gasteiger partial charge in [0.1, 0.15) is 5.75 Å². The summed E-state index contributed by atoms with van der Waals surface area (Å²) in [5.74, 6) is 1.09. The van der Waals surface area contributed by atoms with E-state index in [4.69, 9.17) is 5.73 Å². The van der Waals surface area contributed by atoms with E-state index < -0.39 is 0 Å². The van der Waals surface area contributed by atoms with Crippen LogP contribution in [0.1, 0.15) is 0 Å². The number of hydrogen-bond acceptors (Lipinski definition) is 5. The number of nitrogens with two attached hydrogens (primary N) is 1. The summed E-state index contributed by atoms with van der Waals surface area (Å²) in [4.78, 5) is 4.06. The third-order valence-corrected chi connectivity index (χ3v) is 2.45. The Labute approximate surface area is 96.4 Å². The van der Waals surface area contributed by atoms with Crippen molar-refractivity contribution >= 4 is 11.5 Å². The Morgan fingerprint density at radius 3 is 2.94 bits per heavy atom. The largest absolute Gasteiger partial charge is 0.507 e. The number of hydrogen-bond donors (Lipinski definition) is 2. The Bertz CT molecular complexity index is 691. The maximum absolute atomic E-state index is 9.84. The molecule has 3 N–H and O–H groups in total. The first-order valence-electron chi connectivity index (χ1n) is 5.00. The number of rotatable bonds is 1. The quantitative estimate of drug-likeness (QED) is 0.607. The van der Waals surface area contributed by atoms with Gasteiger partial charge in [-0.3, -0.25) is 4.40 Å². The van der Waals surface area contributed by atoms with E-state index in [9.17, 15) is 5.11 Å². The number of fused-ring (bicyclic) bond motifs is 1. The third-order valence-electron chi connectivity index (χ3n) is 2.45. The lowest BCUT2D eigenvalue weighted by Crippen LogP contribution is -1.91. The van der Waals surface area contributed by atoms with Crippen molar-refractivity contribution in [2.24, 2.45) is 0 Å². The molecule has 0 amide bonds. The maximum Gasteiger partial charge on any atom is 0.255 e. The predicted molar refractivity (Wildman–Crippen MR) is 62.3 cm³/mol. The van der Waals surface area contributed by atoms with E-state index in [-0.39, 0.29) is 5.75 Å². The predicted octanol–water partition coefficient (Wildman–Crippen LogP) is 1.08. The van der Waals surface area contributed by atoms with Crippen molar-refractivity contribution in [1.82, 2.24) is 19.6 Å². The van der Waals surface area contributed by atoms with Crippen LogP contribution in [-0.4, -0.2) is 24.7 Å². The second-order valence-electron chi connectivity index (χ2n) is 3.59. The molecule has 0 radical (unpaired) electrons. The summed E-state index contributed by atoms with van der Waals surface area (Å²) in [6.45, 7) is 0. The van der Waals surface area contributed by atoms with Crippen LogP contribution < -0.4 is 5.73 Å². The molecule has 0 fully saturated rings. The SMILES string of the molecule is Nc1ccc(-c2nnc3ncccn23)c(O)c1. The minimum atomic E-state index is 0.0724. The van der Waals surface area contributed by atoms with Crippen molar-refractivity contribution in [3.8, 4) is 17.1 Å². The summed E-state index contributed by atoms with van der Waals surface area (Å²) < 4.78 is 1.70. The zero-order chi connectivity index (χ0) is 11.8. The minimum Gasteiger partial charge on any atom is -0.507 e. The van der Waals surface area contributed by atoms with Gasteiger partial charge in [0.25, 0.3) is 5.78 Å². The molecule has 0 aliphatic rings. The highest BCUT2D eigenvalue weighted by Gasteiger charge is 2.12. The lowest BCUT2D eigenvalue weighted by Gasteiger charge is -2.03. The van der Waals surface area contributed by atoms with Crippen LogP contribution in [0.2, 0.25) is 0 Å². The molecule has 0 saturated heterocycles. The number of phenols is 1. The van der Waals surface area contributed by atoms with Crippen molar-refractivity contribution in [2.75, 3.05) is 5.73 Å². The van der Waals surface area contributed by atoms with Gasteiger partial charge in [0, 0.05) is 24.1 Å². The fraction of sp³-hybridized carbons (Fsp3) is 0. The molecule has 0 aliphatic carbocycles. The van der Waals surface area contributed by atoms with E-state index in [0.29, 0.717) is 22.9 Å². The minimum absolute atomic E-state index is 0.0724. The molecule has 2 aromatic heterocycles. The third kappa shape index (κ3) is 1.46. The molecule has 2 heterocycles. The molecule has 6 nitrogen and oxygen atoms in total. The molecule has 0 bridgehead atoms. The van der Waals surface area contributed by atoms with Crippen molar-refractivity contribution in [2.45, 2.75) is 0 Å². The molecule has 17 heavy (non-hydrogen) atoms. The summed E-state index contributed by atoms with van der Waals surface area (Å²) in [6, 6.07) is 6.65. The molecule has 0 unspecified atom stereocenters. The van der Waals surface area contributed by atoms with Gasteiger partial charge in [0.2, 0.25) is 0 Å². The lowest BCUT2D eigenvalue weighted by molar-refractivity contribution is 0.477. The molecular weight excluding hydrogens is 218 g/mol. The highest BCUT2D eigenvalue weighted by molar-refractivity contribution is 5.68. The Hall–Kier alpha value is -2.63. The summed E-state index contributed by atoms with van der Waals surface area (Å²) in [7, 11) is 0. The van der Waals surface area contributed by atoms with Gasteiger partial charge in [-0.2, -0.15) is 0 Å². The van der Waals surface area contributed by atoms with Crippen LogP contribution in [0.25, 0.3) is 17.2 Å². The van der Waals surface area contributed by atoms with Gasteiger partial charge in [0.15, 0.2) is 5.82 Å². The summed E-state index contributed by atoms with van der Waals surface area (Å²) >= 11 is 0. The second-order valence-corrected chi connectivity index (χ2v) is 3.59. The molecule has 0 atom stereocenters. The first-order chi connectivity index (χ1) is 8.25. The van der Waals surface area contributed by atoms with E-state index in [1.807, 2.05) is 0 Å². The summed E-state index contributed by atoms with van der Waals surface area (Å²) in [6.07, 6.45) is 3.42. The molecule has 0 aliphatic heterocycles. The highest BCUT2D eigenvalue weighted by atomic mass is 16.3. The molecule has 6 heteroatoms. The topological polar surface area (TPSA) is 89.3 Å². The van der Waals surface area contributed by atoms with Crippen LogP contribution in [0, 0.1) is 0 Å². The van der Waals surface area contributed by atoms with E-state index in [2.05, 4.69) is 15.2 Å². The number of nitrogen functional groups attached to an aromatic ring is 1. The van der Waals surface area contributed by atoms with Crippen LogP contribution in [0.3, 0.4) is 0 Å². The molecular formula is C11H9N5O. The van der Waals surface area contributed by atoms with Gasteiger partial charge >= 0.3 is 0 Å². The number of benzene rings is 1. The van der Waals surface area contributed by atoms with E-state index in [1.165, 1.54) is 6.07 Å². The molecule has 3 rings (SSSR count). The van der Waals surface area contributed by atoms with Crippen LogP contribution in [0.4, 0.5) is 5.69 Å². The number of anilines is 1. The average Bonchev–Trinajstić information content (AvgIpc) is 2.73. The summed E-state index contributed by atoms with van der Waals surface area (Å²) in [5.41, 5.74) is 6.65. The highest BCUT2D eigenvalue weighted by Crippen LogP contribution is 2.29.